The van der Waals surface area contributed by atoms with Gasteiger partial charge in [0, 0.05) is 6.42 Å². The molecule has 0 saturated carbocycles. The summed E-state index contributed by atoms with van der Waals surface area (Å²) in [6, 6.07) is -0.822. The molecule has 1 aliphatic heterocycles. The van der Waals surface area contributed by atoms with Crippen LogP contribution in [0.2, 0.25) is 0 Å². The van der Waals surface area contributed by atoms with Crippen molar-refractivity contribution in [1.29, 1.82) is 0 Å². The first kappa shape index (κ1) is 68.2. The minimum Gasteiger partial charge on any atom is -0.394 e. The molecular weight excluding hydrogens is 899 g/mol. The maximum Gasteiger partial charge on any atom is 0.220 e. The van der Waals surface area contributed by atoms with E-state index in [4.69, 9.17) is 9.47 Å². The number of amides is 1. The Labute approximate surface area is 444 Å². The fraction of sp³-hybridized carbons (Fsp3) is 0.857. The van der Waals surface area contributed by atoms with Crippen LogP contribution in [0, 0.1) is 0 Å². The highest BCUT2D eigenvalue weighted by atomic mass is 16.7. The fourth-order valence-corrected chi connectivity index (χ4v) is 9.73. The van der Waals surface area contributed by atoms with Gasteiger partial charge in [-0.25, -0.2) is 0 Å². The van der Waals surface area contributed by atoms with Crippen LogP contribution in [0.1, 0.15) is 290 Å². The molecule has 422 valence electrons. The van der Waals surface area contributed by atoms with E-state index in [0.717, 1.165) is 44.9 Å². The molecule has 9 heteroatoms. The van der Waals surface area contributed by atoms with Crippen LogP contribution in [-0.4, -0.2) is 87.5 Å². The highest BCUT2D eigenvalue weighted by Crippen LogP contribution is 2.23. The Kier molecular flexibility index (Phi) is 49.8. The maximum atomic E-state index is 13.1. The van der Waals surface area contributed by atoms with Crippen molar-refractivity contribution in [3.63, 3.8) is 0 Å². The lowest BCUT2D eigenvalue weighted by Crippen LogP contribution is -2.60. The summed E-state index contributed by atoms with van der Waals surface area (Å²) in [5, 5.41) is 54.5. The summed E-state index contributed by atoms with van der Waals surface area (Å²) < 4.78 is 11.3. The van der Waals surface area contributed by atoms with Crippen LogP contribution in [0.3, 0.4) is 0 Å². The highest BCUT2D eigenvalue weighted by molar-refractivity contribution is 5.76. The van der Waals surface area contributed by atoms with Crippen LogP contribution < -0.4 is 5.32 Å². The third kappa shape index (κ3) is 41.4. The summed E-state index contributed by atoms with van der Waals surface area (Å²) in [4.78, 5) is 13.1. The average Bonchev–Trinajstić information content (AvgIpc) is 3.38. The van der Waals surface area contributed by atoms with E-state index in [1.165, 1.54) is 225 Å². The Morgan fingerprint density at radius 3 is 1.25 bits per heavy atom. The van der Waals surface area contributed by atoms with E-state index < -0.39 is 49.5 Å². The van der Waals surface area contributed by atoms with Crippen molar-refractivity contribution in [2.45, 2.75) is 333 Å². The van der Waals surface area contributed by atoms with Gasteiger partial charge in [0.1, 0.15) is 24.4 Å². The van der Waals surface area contributed by atoms with E-state index in [2.05, 4.69) is 55.6 Å². The minimum absolute atomic E-state index is 0.184. The van der Waals surface area contributed by atoms with Gasteiger partial charge in [-0.1, -0.05) is 268 Å². The number of nitrogens with one attached hydrogen (secondary N) is 1. The molecule has 0 aromatic carbocycles. The van der Waals surface area contributed by atoms with Gasteiger partial charge < -0.3 is 40.3 Å². The molecule has 0 aromatic heterocycles. The summed E-state index contributed by atoms with van der Waals surface area (Å²) >= 11 is 0. The van der Waals surface area contributed by atoms with Gasteiger partial charge in [0.25, 0.3) is 0 Å². The van der Waals surface area contributed by atoms with Crippen molar-refractivity contribution in [3.05, 3.63) is 48.6 Å². The zero-order chi connectivity index (χ0) is 52.2. The molecule has 0 radical (unpaired) electrons. The largest absolute Gasteiger partial charge is 0.394 e. The van der Waals surface area contributed by atoms with E-state index in [-0.39, 0.29) is 12.5 Å². The topological polar surface area (TPSA) is 149 Å². The molecule has 0 aliphatic carbocycles. The Bertz CT molecular complexity index is 1270. The first-order valence-corrected chi connectivity index (χ1v) is 30.9. The van der Waals surface area contributed by atoms with Crippen molar-refractivity contribution in [1.82, 2.24) is 5.32 Å². The minimum atomic E-state index is -1.57. The van der Waals surface area contributed by atoms with Crippen molar-refractivity contribution in [2.24, 2.45) is 0 Å². The molecule has 1 amide bonds. The second kappa shape index (κ2) is 52.6. The molecule has 6 N–H and O–H groups in total. The second-order valence-corrected chi connectivity index (χ2v) is 21.5. The summed E-state index contributed by atoms with van der Waals surface area (Å²) in [7, 11) is 0. The molecule has 7 unspecified atom stereocenters. The quantitative estimate of drug-likeness (QED) is 0.0261. The molecule has 1 rings (SSSR count). The van der Waals surface area contributed by atoms with E-state index in [0.29, 0.717) is 6.42 Å². The van der Waals surface area contributed by atoms with Crippen LogP contribution in [0.25, 0.3) is 0 Å². The van der Waals surface area contributed by atoms with E-state index in [9.17, 15) is 30.3 Å². The number of unbranched alkanes of at least 4 members (excludes halogenated alkanes) is 37. The number of aliphatic hydroxyl groups excluding tert-OH is 5. The normalized spacial score (nSPS) is 19.5. The third-order valence-corrected chi connectivity index (χ3v) is 14.6. The van der Waals surface area contributed by atoms with Crippen LogP contribution in [0.5, 0.6) is 0 Å². The SMILES string of the molecule is CCCCCCCCCCC/C=C\C/C=C\CCCCCCCCCCCCCCCCCC(=O)NC(COC1OC(CO)C(O)C(O)C1O)C(O)/C=C/CC/C=C/CCCCCCCCCCCCCC. The lowest BCUT2D eigenvalue weighted by atomic mass is 9.99. The first-order chi connectivity index (χ1) is 35.3. The Morgan fingerprint density at radius 1 is 0.472 bits per heavy atom. The lowest BCUT2D eigenvalue weighted by molar-refractivity contribution is -0.302. The third-order valence-electron chi connectivity index (χ3n) is 14.6. The van der Waals surface area contributed by atoms with Crippen LogP contribution in [-0.2, 0) is 14.3 Å². The molecule has 72 heavy (non-hydrogen) atoms. The molecule has 1 heterocycles. The van der Waals surface area contributed by atoms with E-state index in [1.807, 2.05) is 6.08 Å². The number of hydrogen-bond donors (Lipinski definition) is 6. The monoisotopic (exact) mass is 1020 g/mol. The summed E-state index contributed by atoms with van der Waals surface area (Å²) in [5.74, 6) is -0.184. The number of allylic oxidation sites excluding steroid dienone is 7. The smallest absolute Gasteiger partial charge is 0.220 e. The molecule has 1 aliphatic rings. The van der Waals surface area contributed by atoms with Gasteiger partial charge in [0.2, 0.25) is 5.91 Å². The maximum absolute atomic E-state index is 13.1. The van der Waals surface area contributed by atoms with E-state index in [1.54, 1.807) is 6.08 Å². The number of carbonyl (C=O) groups is 1. The molecule has 1 fully saturated rings. The van der Waals surface area contributed by atoms with Crippen molar-refractivity contribution in [3.8, 4) is 0 Å². The zero-order valence-corrected chi connectivity index (χ0v) is 46.9. The number of hydrogen-bond acceptors (Lipinski definition) is 8. The van der Waals surface area contributed by atoms with Crippen molar-refractivity contribution >= 4 is 5.91 Å². The molecule has 0 spiro atoms. The second-order valence-electron chi connectivity index (χ2n) is 21.5. The molecule has 9 nitrogen and oxygen atoms in total. The molecule has 7 atom stereocenters. The predicted molar refractivity (Wildman–Crippen MR) is 304 cm³/mol. The lowest BCUT2D eigenvalue weighted by Gasteiger charge is -2.40. The zero-order valence-electron chi connectivity index (χ0n) is 46.9. The average molecular weight is 1020 g/mol. The molecule has 0 aromatic rings. The van der Waals surface area contributed by atoms with E-state index >= 15 is 0 Å². The van der Waals surface area contributed by atoms with Gasteiger partial charge in [-0.05, 0) is 64.2 Å². The fourth-order valence-electron chi connectivity index (χ4n) is 9.73. The standard InChI is InChI=1S/C63H117NO8/c1-3-5-7-9-11-13-15-17-19-21-23-24-25-26-27-28-29-30-31-32-33-34-35-37-39-41-43-45-47-49-51-53-59(67)64-56(55-71-63-62(70)61(69)60(68)58(54-65)72-63)57(66)52-50-48-46-44-42-40-38-36-22-20-18-16-14-12-10-8-6-4-2/h23-24,26-27,42,44,50,52,56-58,60-63,65-66,68-70H,3-22,25,28-41,43,45-49,51,53-55H2,1-2H3,(H,64,67)/b24-23-,27-26-,44-42+,52-50+. The number of rotatable bonds is 53. The van der Waals surface area contributed by atoms with Gasteiger partial charge in [-0.3, -0.25) is 4.79 Å². The van der Waals surface area contributed by atoms with Crippen LogP contribution >= 0.6 is 0 Å². The molecule has 1 saturated heterocycles. The van der Waals surface area contributed by atoms with Crippen molar-refractivity contribution in [2.75, 3.05) is 13.2 Å². The molecular formula is C63H117NO8. The predicted octanol–water partition coefficient (Wildman–Crippen LogP) is 15.7. The van der Waals surface area contributed by atoms with Gasteiger partial charge in [-0.2, -0.15) is 0 Å². The molecule has 0 bridgehead atoms. The Morgan fingerprint density at radius 2 is 0.833 bits per heavy atom. The van der Waals surface area contributed by atoms with Crippen molar-refractivity contribution < 1.29 is 39.8 Å². The first-order valence-electron chi connectivity index (χ1n) is 30.9. The summed E-state index contributed by atoms with van der Waals surface area (Å²) in [6.45, 7) is 3.79. The van der Waals surface area contributed by atoms with Gasteiger partial charge in [0.15, 0.2) is 6.29 Å². The summed E-state index contributed by atoms with van der Waals surface area (Å²) in [5.41, 5.74) is 0. The Hall–Kier alpha value is -1.85. The number of carbonyl (C=O) groups excluding carboxylic acids is 1. The Balaban J connectivity index is 2.17. The number of aliphatic hydroxyl groups is 5. The highest BCUT2D eigenvalue weighted by Gasteiger charge is 2.44. The van der Waals surface area contributed by atoms with Gasteiger partial charge in [0.05, 0.1) is 25.4 Å². The van der Waals surface area contributed by atoms with Gasteiger partial charge in [-0.15, -0.1) is 0 Å². The number of ether oxygens (including phenoxy) is 2. The van der Waals surface area contributed by atoms with Gasteiger partial charge >= 0.3 is 0 Å². The van der Waals surface area contributed by atoms with Crippen LogP contribution in [0.15, 0.2) is 48.6 Å². The van der Waals surface area contributed by atoms with Crippen LogP contribution in [0.4, 0.5) is 0 Å². The summed E-state index contributed by atoms with van der Waals surface area (Å²) in [6.07, 6.45) is 63.4.